The minimum Gasteiger partial charge on any atom is -0.411 e. The Kier molecular flexibility index (Phi) is 2.66. The Morgan fingerprint density at radius 1 is 1.73 bits per heavy atom. The van der Waals surface area contributed by atoms with Gasteiger partial charge in [0.2, 0.25) is 0 Å². The number of nitrogens with zero attached hydrogens (tertiary/aromatic N) is 1. The fraction of sp³-hybridized carbons (Fsp3) is 0.222. The summed E-state index contributed by atoms with van der Waals surface area (Å²) in [5.74, 6) is 0. The average Bonchev–Trinajstić information content (AvgIpc) is 2.06. The van der Waals surface area contributed by atoms with E-state index in [-0.39, 0.29) is 0 Å². The molecule has 0 aromatic heterocycles. The molecule has 11 heavy (non-hydrogen) atoms. The molecule has 1 radical (unpaired) electrons. The summed E-state index contributed by atoms with van der Waals surface area (Å²) in [5.41, 5.74) is 2.03. The summed E-state index contributed by atoms with van der Waals surface area (Å²) in [5, 5.41) is 11.2. The highest BCUT2D eigenvalue weighted by molar-refractivity contribution is 5.78. The zero-order valence-electron chi connectivity index (χ0n) is 6.41. The minimum atomic E-state index is 0.812. The molecule has 0 unspecified atom stereocenters. The molecule has 0 fully saturated rings. The highest BCUT2D eigenvalue weighted by atomic mass is 16.4. The van der Waals surface area contributed by atoms with Gasteiger partial charge in [0.1, 0.15) is 0 Å². The van der Waals surface area contributed by atoms with Gasteiger partial charge in [0.25, 0.3) is 0 Å². The fourth-order valence-electron chi connectivity index (χ4n) is 0.891. The van der Waals surface area contributed by atoms with Crippen LogP contribution in [0.15, 0.2) is 23.4 Å². The molecule has 0 spiro atoms. The molecule has 0 atom stereocenters. The van der Waals surface area contributed by atoms with Gasteiger partial charge >= 0.3 is 0 Å². The van der Waals surface area contributed by atoms with Crippen LogP contribution in [0.4, 0.5) is 0 Å². The van der Waals surface area contributed by atoms with E-state index in [2.05, 4.69) is 18.1 Å². The van der Waals surface area contributed by atoms with Crippen LogP contribution in [0, 0.1) is 6.07 Å². The van der Waals surface area contributed by atoms with Crippen LogP contribution in [0.1, 0.15) is 18.1 Å². The SMILES string of the molecule is CCc1cc[c]c(/C=N\O)c1. The van der Waals surface area contributed by atoms with Crippen molar-refractivity contribution in [3.05, 3.63) is 35.4 Å². The third kappa shape index (κ3) is 2.08. The van der Waals surface area contributed by atoms with E-state index in [1.165, 1.54) is 11.8 Å². The van der Waals surface area contributed by atoms with Gasteiger partial charge in [0, 0.05) is 5.56 Å². The van der Waals surface area contributed by atoms with E-state index in [4.69, 9.17) is 5.21 Å². The molecule has 57 valence electrons. The summed E-state index contributed by atoms with van der Waals surface area (Å²) in [6.45, 7) is 2.08. The zero-order valence-corrected chi connectivity index (χ0v) is 6.41. The van der Waals surface area contributed by atoms with Gasteiger partial charge in [0.15, 0.2) is 0 Å². The predicted octanol–water partition coefficient (Wildman–Crippen LogP) is 1.86. The maximum Gasteiger partial charge on any atom is 0.0740 e. The first-order valence-corrected chi connectivity index (χ1v) is 3.55. The lowest BCUT2D eigenvalue weighted by molar-refractivity contribution is 0.322. The van der Waals surface area contributed by atoms with Crippen molar-refractivity contribution in [1.82, 2.24) is 0 Å². The standard InChI is InChI=1S/C9H10NO/c1-2-8-4-3-5-9(6-8)7-10-11/h3-4,6-7,11H,2H2,1H3/b10-7-. The third-order valence-corrected chi connectivity index (χ3v) is 1.49. The van der Waals surface area contributed by atoms with Crippen molar-refractivity contribution in [2.45, 2.75) is 13.3 Å². The second-order valence-corrected chi connectivity index (χ2v) is 2.25. The largest absolute Gasteiger partial charge is 0.411 e. The molecule has 0 heterocycles. The normalized spacial score (nSPS) is 10.6. The molecule has 0 amide bonds. The monoisotopic (exact) mass is 148 g/mol. The maximum absolute atomic E-state index is 8.23. The number of hydrogen-bond acceptors (Lipinski definition) is 2. The zero-order chi connectivity index (χ0) is 8.10. The van der Waals surface area contributed by atoms with Crippen molar-refractivity contribution >= 4 is 6.21 Å². The highest BCUT2D eigenvalue weighted by Gasteiger charge is 1.90. The van der Waals surface area contributed by atoms with Crippen LogP contribution < -0.4 is 0 Å². The molecule has 2 nitrogen and oxygen atoms in total. The predicted molar refractivity (Wildman–Crippen MR) is 44.0 cm³/mol. The van der Waals surface area contributed by atoms with Gasteiger partial charge in [0.05, 0.1) is 6.21 Å². The first-order valence-electron chi connectivity index (χ1n) is 3.55. The maximum atomic E-state index is 8.23. The van der Waals surface area contributed by atoms with Gasteiger partial charge in [-0.1, -0.05) is 24.2 Å². The number of aryl methyl sites for hydroxylation is 1. The van der Waals surface area contributed by atoms with Crippen LogP contribution in [0.2, 0.25) is 0 Å². The van der Waals surface area contributed by atoms with E-state index in [1.807, 2.05) is 18.2 Å². The molecular formula is C9H10NO. The molecule has 0 saturated carbocycles. The van der Waals surface area contributed by atoms with E-state index in [1.54, 1.807) is 0 Å². The summed E-state index contributed by atoms with van der Waals surface area (Å²) in [4.78, 5) is 0. The molecule has 0 bridgehead atoms. The highest BCUT2D eigenvalue weighted by Crippen LogP contribution is 2.02. The first kappa shape index (κ1) is 7.79. The van der Waals surface area contributed by atoms with Crippen LogP contribution >= 0.6 is 0 Å². The Bertz CT molecular complexity index is 255. The molecule has 0 saturated heterocycles. The van der Waals surface area contributed by atoms with E-state index in [9.17, 15) is 0 Å². The van der Waals surface area contributed by atoms with Crippen LogP contribution in [0.3, 0.4) is 0 Å². The van der Waals surface area contributed by atoms with Gasteiger partial charge in [-0.05, 0) is 24.1 Å². The van der Waals surface area contributed by atoms with Gasteiger partial charge in [-0.2, -0.15) is 0 Å². The van der Waals surface area contributed by atoms with Crippen LogP contribution in [0.5, 0.6) is 0 Å². The van der Waals surface area contributed by atoms with E-state index < -0.39 is 0 Å². The van der Waals surface area contributed by atoms with Crippen molar-refractivity contribution in [1.29, 1.82) is 0 Å². The van der Waals surface area contributed by atoms with Gasteiger partial charge in [-0.15, -0.1) is 0 Å². The van der Waals surface area contributed by atoms with Gasteiger partial charge in [-0.3, -0.25) is 0 Å². The summed E-state index contributed by atoms with van der Waals surface area (Å²) in [7, 11) is 0. The molecule has 1 aromatic rings. The van der Waals surface area contributed by atoms with Crippen LogP contribution in [0.25, 0.3) is 0 Å². The third-order valence-electron chi connectivity index (χ3n) is 1.49. The Labute approximate surface area is 66.2 Å². The molecule has 2 heteroatoms. The van der Waals surface area contributed by atoms with Crippen molar-refractivity contribution in [3.63, 3.8) is 0 Å². The molecule has 1 rings (SSSR count). The lowest BCUT2D eigenvalue weighted by atomic mass is 10.1. The van der Waals surface area contributed by atoms with Crippen LogP contribution in [-0.4, -0.2) is 11.4 Å². The molecular weight excluding hydrogens is 138 g/mol. The summed E-state index contributed by atoms with van der Waals surface area (Å²) in [6.07, 6.45) is 2.36. The van der Waals surface area contributed by atoms with Crippen molar-refractivity contribution < 1.29 is 5.21 Å². The molecule has 0 aliphatic carbocycles. The van der Waals surface area contributed by atoms with E-state index >= 15 is 0 Å². The smallest absolute Gasteiger partial charge is 0.0740 e. The lowest BCUT2D eigenvalue weighted by Gasteiger charge is -1.95. The molecule has 0 aliphatic rings. The quantitative estimate of drug-likeness (QED) is 0.387. The Morgan fingerprint density at radius 3 is 3.18 bits per heavy atom. The van der Waals surface area contributed by atoms with E-state index in [0.717, 1.165) is 12.0 Å². The van der Waals surface area contributed by atoms with E-state index in [0.29, 0.717) is 0 Å². The topological polar surface area (TPSA) is 32.6 Å². The van der Waals surface area contributed by atoms with Crippen molar-refractivity contribution in [2.75, 3.05) is 0 Å². The summed E-state index contributed by atoms with van der Waals surface area (Å²) < 4.78 is 0. The second-order valence-electron chi connectivity index (χ2n) is 2.25. The Balaban J connectivity index is 2.91. The summed E-state index contributed by atoms with van der Waals surface area (Å²) in [6, 6.07) is 8.70. The number of benzene rings is 1. The molecule has 1 N–H and O–H groups in total. The van der Waals surface area contributed by atoms with Crippen molar-refractivity contribution in [2.24, 2.45) is 5.16 Å². The molecule has 1 aromatic carbocycles. The summed E-state index contributed by atoms with van der Waals surface area (Å²) >= 11 is 0. The number of hydrogen-bond donors (Lipinski definition) is 1. The first-order chi connectivity index (χ1) is 5.36. The number of rotatable bonds is 2. The fourth-order valence-corrected chi connectivity index (χ4v) is 0.891. The number of oxime groups is 1. The van der Waals surface area contributed by atoms with Crippen molar-refractivity contribution in [3.8, 4) is 0 Å². The Morgan fingerprint density at radius 2 is 2.55 bits per heavy atom. The molecule has 0 aliphatic heterocycles. The van der Waals surface area contributed by atoms with Gasteiger partial charge < -0.3 is 5.21 Å². The van der Waals surface area contributed by atoms with Crippen LogP contribution in [-0.2, 0) is 6.42 Å². The second kappa shape index (κ2) is 3.76. The van der Waals surface area contributed by atoms with Gasteiger partial charge in [-0.25, -0.2) is 0 Å². The average molecular weight is 148 g/mol. The minimum absolute atomic E-state index is 0.812. The Hall–Kier alpha value is -1.31. The lowest BCUT2D eigenvalue weighted by Crippen LogP contribution is -1.84.